The Morgan fingerprint density at radius 1 is 1.10 bits per heavy atom. The predicted octanol–water partition coefficient (Wildman–Crippen LogP) is 3.96. The van der Waals surface area contributed by atoms with E-state index < -0.39 is 11.6 Å². The van der Waals surface area contributed by atoms with Crippen LogP contribution in [0.1, 0.15) is 35.9 Å². The Labute approximate surface area is 181 Å². The number of benzene rings is 2. The van der Waals surface area contributed by atoms with Crippen LogP contribution in [0.5, 0.6) is 0 Å². The van der Waals surface area contributed by atoms with E-state index >= 15 is 0 Å². The molecular formula is C22H19BrN4O3. The molecule has 2 aliphatic rings. The summed E-state index contributed by atoms with van der Waals surface area (Å²) in [5, 5.41) is 10.9. The number of imide groups is 1. The van der Waals surface area contributed by atoms with Crippen LogP contribution in [0.3, 0.4) is 0 Å². The summed E-state index contributed by atoms with van der Waals surface area (Å²) < 4.78 is 6.63. The molecule has 1 unspecified atom stereocenters. The van der Waals surface area contributed by atoms with Crippen LogP contribution >= 0.6 is 15.9 Å². The minimum absolute atomic E-state index is 0.0747. The highest BCUT2D eigenvalue weighted by molar-refractivity contribution is 9.10. The van der Waals surface area contributed by atoms with E-state index in [1.165, 1.54) is 11.1 Å². The fourth-order valence-electron chi connectivity index (χ4n) is 4.08. The molecule has 0 bridgehead atoms. The van der Waals surface area contributed by atoms with Gasteiger partial charge < -0.3 is 9.73 Å². The zero-order chi connectivity index (χ0) is 20.9. The van der Waals surface area contributed by atoms with Crippen molar-refractivity contribution < 1.29 is 14.0 Å². The van der Waals surface area contributed by atoms with Crippen LogP contribution in [0.4, 0.5) is 4.79 Å². The van der Waals surface area contributed by atoms with E-state index in [0.717, 1.165) is 39.8 Å². The van der Waals surface area contributed by atoms with Gasteiger partial charge in [-0.05, 0) is 67.1 Å². The van der Waals surface area contributed by atoms with Crippen molar-refractivity contribution in [2.45, 2.75) is 38.3 Å². The van der Waals surface area contributed by atoms with Gasteiger partial charge in [-0.2, -0.15) is 0 Å². The van der Waals surface area contributed by atoms with E-state index in [2.05, 4.69) is 37.5 Å². The molecule has 1 saturated heterocycles. The van der Waals surface area contributed by atoms with E-state index in [0.29, 0.717) is 5.89 Å². The number of amides is 3. The number of hydrogen-bond donors (Lipinski definition) is 1. The van der Waals surface area contributed by atoms with E-state index in [-0.39, 0.29) is 18.3 Å². The number of halogens is 1. The highest BCUT2D eigenvalue weighted by atomic mass is 79.9. The monoisotopic (exact) mass is 466 g/mol. The third-order valence-corrected chi connectivity index (χ3v) is 6.33. The Bertz CT molecular complexity index is 1160. The Kier molecular flexibility index (Phi) is 4.47. The molecular weight excluding hydrogens is 448 g/mol. The second-order valence-corrected chi connectivity index (χ2v) is 8.71. The first-order valence-electron chi connectivity index (χ1n) is 9.79. The molecule has 152 valence electrons. The van der Waals surface area contributed by atoms with Gasteiger partial charge in [-0.1, -0.05) is 34.1 Å². The summed E-state index contributed by atoms with van der Waals surface area (Å²) in [6.07, 6.45) is 3.20. The number of urea groups is 1. The van der Waals surface area contributed by atoms with Gasteiger partial charge in [0, 0.05) is 10.0 Å². The molecule has 7 nitrogen and oxygen atoms in total. The standard InChI is InChI=1S/C22H19BrN4O3/c1-22(16-8-5-13-3-2-4-15(13)11-16)20(28)27(21(29)24-22)12-18-25-26-19(30-18)14-6-9-17(23)10-7-14/h5-11H,2-4,12H2,1H3,(H,24,29). The van der Waals surface area contributed by atoms with E-state index in [9.17, 15) is 9.59 Å². The molecule has 5 rings (SSSR count). The maximum absolute atomic E-state index is 13.2. The van der Waals surface area contributed by atoms with Crippen LogP contribution < -0.4 is 5.32 Å². The van der Waals surface area contributed by atoms with Gasteiger partial charge >= 0.3 is 6.03 Å². The number of hydrogen-bond acceptors (Lipinski definition) is 5. The van der Waals surface area contributed by atoms with Crippen LogP contribution in [0, 0.1) is 0 Å². The third kappa shape index (κ3) is 3.11. The van der Waals surface area contributed by atoms with E-state index in [4.69, 9.17) is 4.42 Å². The molecule has 0 spiro atoms. The summed E-state index contributed by atoms with van der Waals surface area (Å²) >= 11 is 3.39. The first-order chi connectivity index (χ1) is 14.4. The van der Waals surface area contributed by atoms with Crippen LogP contribution in [0.2, 0.25) is 0 Å². The smallest absolute Gasteiger partial charge is 0.325 e. The fourth-order valence-corrected chi connectivity index (χ4v) is 4.35. The molecule has 1 N–H and O–H groups in total. The van der Waals surface area contributed by atoms with Gasteiger partial charge in [0.15, 0.2) is 0 Å². The van der Waals surface area contributed by atoms with Gasteiger partial charge in [0.05, 0.1) is 0 Å². The number of nitrogens with one attached hydrogen (secondary N) is 1. The summed E-state index contributed by atoms with van der Waals surface area (Å²) in [5.74, 6) is 0.217. The summed E-state index contributed by atoms with van der Waals surface area (Å²) in [6.45, 7) is 1.67. The van der Waals surface area contributed by atoms with Crippen molar-refractivity contribution in [3.63, 3.8) is 0 Å². The molecule has 30 heavy (non-hydrogen) atoms. The minimum atomic E-state index is -1.11. The topological polar surface area (TPSA) is 88.3 Å². The van der Waals surface area contributed by atoms with Gasteiger partial charge in [-0.25, -0.2) is 4.79 Å². The highest BCUT2D eigenvalue weighted by Gasteiger charge is 2.49. The Balaban J connectivity index is 1.38. The summed E-state index contributed by atoms with van der Waals surface area (Å²) in [7, 11) is 0. The number of fused-ring (bicyclic) bond motifs is 1. The lowest BCUT2D eigenvalue weighted by atomic mass is 9.90. The van der Waals surface area contributed by atoms with E-state index in [1.54, 1.807) is 6.92 Å². The number of nitrogens with zero attached hydrogens (tertiary/aromatic N) is 3. The zero-order valence-corrected chi connectivity index (χ0v) is 17.9. The van der Waals surface area contributed by atoms with Crippen LogP contribution in [-0.2, 0) is 29.7 Å². The number of carbonyl (C=O) groups is 2. The van der Waals surface area contributed by atoms with E-state index in [1.807, 2.05) is 36.4 Å². The Morgan fingerprint density at radius 3 is 2.67 bits per heavy atom. The van der Waals surface area contributed by atoms with Gasteiger partial charge in [-0.3, -0.25) is 9.69 Å². The predicted molar refractivity (Wildman–Crippen MR) is 112 cm³/mol. The van der Waals surface area contributed by atoms with Crippen LogP contribution in [0.15, 0.2) is 51.4 Å². The molecule has 1 atom stereocenters. The molecule has 8 heteroatoms. The van der Waals surface area contributed by atoms with Crippen LogP contribution in [0.25, 0.3) is 11.5 Å². The van der Waals surface area contributed by atoms with Crippen molar-refractivity contribution in [1.29, 1.82) is 0 Å². The minimum Gasteiger partial charge on any atom is -0.419 e. The maximum Gasteiger partial charge on any atom is 0.325 e. The number of carbonyl (C=O) groups excluding carboxylic acids is 2. The number of aryl methyl sites for hydroxylation is 2. The van der Waals surface area contributed by atoms with Crippen molar-refractivity contribution in [3.8, 4) is 11.5 Å². The highest BCUT2D eigenvalue weighted by Crippen LogP contribution is 2.33. The molecule has 1 aliphatic heterocycles. The lowest BCUT2D eigenvalue weighted by Gasteiger charge is -2.23. The molecule has 0 saturated carbocycles. The van der Waals surface area contributed by atoms with Crippen LogP contribution in [-0.4, -0.2) is 27.0 Å². The maximum atomic E-state index is 13.2. The Morgan fingerprint density at radius 2 is 1.87 bits per heavy atom. The average molecular weight is 467 g/mol. The quantitative estimate of drug-likeness (QED) is 0.587. The van der Waals surface area contributed by atoms with Gasteiger partial charge in [-0.15, -0.1) is 10.2 Å². The zero-order valence-electron chi connectivity index (χ0n) is 16.3. The van der Waals surface area contributed by atoms with Crippen molar-refractivity contribution in [2.24, 2.45) is 0 Å². The van der Waals surface area contributed by atoms with Crippen molar-refractivity contribution in [2.75, 3.05) is 0 Å². The average Bonchev–Trinajstić information content (AvgIpc) is 3.44. The van der Waals surface area contributed by atoms with Crippen molar-refractivity contribution in [3.05, 3.63) is 69.5 Å². The first-order valence-corrected chi connectivity index (χ1v) is 10.6. The summed E-state index contributed by atoms with van der Waals surface area (Å²) in [6, 6.07) is 13.0. The largest absolute Gasteiger partial charge is 0.419 e. The van der Waals surface area contributed by atoms with Crippen molar-refractivity contribution in [1.82, 2.24) is 20.4 Å². The lowest BCUT2D eigenvalue weighted by molar-refractivity contribution is -0.131. The van der Waals surface area contributed by atoms with Gasteiger partial charge in [0.2, 0.25) is 11.8 Å². The normalized spacial score (nSPS) is 20.5. The third-order valence-electron chi connectivity index (χ3n) is 5.80. The Hall–Kier alpha value is -3.00. The fraction of sp³-hybridized carbons (Fsp3) is 0.273. The molecule has 1 fully saturated rings. The molecule has 2 aromatic carbocycles. The SMILES string of the molecule is CC1(c2ccc3c(c2)CCC3)NC(=O)N(Cc2nnc(-c3ccc(Br)cc3)o2)C1=O. The molecule has 2 heterocycles. The molecule has 1 aromatic heterocycles. The van der Waals surface area contributed by atoms with Crippen molar-refractivity contribution >= 4 is 27.9 Å². The number of rotatable bonds is 4. The number of aromatic nitrogens is 2. The lowest BCUT2D eigenvalue weighted by Crippen LogP contribution is -2.41. The molecule has 3 aromatic rings. The summed E-state index contributed by atoms with van der Waals surface area (Å²) in [4.78, 5) is 27.0. The van der Waals surface area contributed by atoms with Gasteiger partial charge in [0.25, 0.3) is 5.91 Å². The molecule has 0 radical (unpaired) electrons. The molecule has 1 aliphatic carbocycles. The second kappa shape index (κ2) is 7.05. The van der Waals surface area contributed by atoms with Gasteiger partial charge in [0.1, 0.15) is 12.1 Å². The summed E-state index contributed by atoms with van der Waals surface area (Å²) in [5.41, 5.74) is 3.03. The molecule has 3 amide bonds. The second-order valence-electron chi connectivity index (χ2n) is 7.79. The first kappa shape index (κ1) is 19.0.